The van der Waals surface area contributed by atoms with Gasteiger partial charge in [0.25, 0.3) is 11.8 Å². The molecule has 33 heavy (non-hydrogen) atoms. The third-order valence-corrected chi connectivity index (χ3v) is 6.56. The van der Waals surface area contributed by atoms with E-state index in [0.717, 1.165) is 12.0 Å². The average molecular weight is 450 g/mol. The maximum atomic E-state index is 13.6. The number of carbonyl (C=O) groups excluding carboxylic acids is 3. The summed E-state index contributed by atoms with van der Waals surface area (Å²) in [6.45, 7) is 5.53. The quantitative estimate of drug-likeness (QED) is 0.761. The summed E-state index contributed by atoms with van der Waals surface area (Å²) in [6.07, 6.45) is 1.73. The Morgan fingerprint density at radius 3 is 2.33 bits per heavy atom. The second-order valence-electron chi connectivity index (χ2n) is 8.71. The number of rotatable bonds is 5. The Bertz CT molecular complexity index is 1020. The summed E-state index contributed by atoms with van der Waals surface area (Å²) < 4.78 is 6.21. The van der Waals surface area contributed by atoms with Gasteiger partial charge in [0.05, 0.1) is 6.61 Å². The van der Waals surface area contributed by atoms with E-state index in [1.807, 2.05) is 61.2 Å². The van der Waals surface area contributed by atoms with Crippen molar-refractivity contribution in [3.63, 3.8) is 0 Å². The molecule has 1 spiro atoms. The first kappa shape index (κ1) is 23.0. The SMILES string of the molecule is CCCNC(=O)[C@@H]1COC2(CCN(C(=O)c3ccccc3C)CC2)N1C(=O)c1ccccc1. The number of carbonyl (C=O) groups is 3. The number of aryl methyl sites for hydroxylation is 1. The molecule has 2 aromatic rings. The van der Waals surface area contributed by atoms with Gasteiger partial charge in [-0.25, -0.2) is 0 Å². The highest BCUT2D eigenvalue weighted by molar-refractivity contribution is 5.98. The van der Waals surface area contributed by atoms with Crippen LogP contribution in [0.2, 0.25) is 0 Å². The lowest BCUT2D eigenvalue weighted by Gasteiger charge is -2.44. The molecule has 2 saturated heterocycles. The molecule has 2 aliphatic rings. The van der Waals surface area contributed by atoms with Crippen molar-refractivity contribution in [2.45, 2.75) is 44.9 Å². The summed E-state index contributed by atoms with van der Waals surface area (Å²) in [5, 5.41) is 2.91. The van der Waals surface area contributed by atoms with E-state index >= 15 is 0 Å². The number of nitrogens with zero attached hydrogens (tertiary/aromatic N) is 2. The Labute approximate surface area is 194 Å². The van der Waals surface area contributed by atoms with Gasteiger partial charge in [-0.05, 0) is 37.1 Å². The molecule has 2 heterocycles. The van der Waals surface area contributed by atoms with Crippen LogP contribution in [0, 0.1) is 6.92 Å². The molecular formula is C26H31N3O4. The van der Waals surface area contributed by atoms with Gasteiger partial charge in [-0.1, -0.05) is 43.3 Å². The third kappa shape index (κ3) is 4.50. The van der Waals surface area contributed by atoms with E-state index in [1.165, 1.54) is 0 Å². The molecule has 1 N–H and O–H groups in total. The lowest BCUT2D eigenvalue weighted by Crippen LogP contribution is -2.59. The van der Waals surface area contributed by atoms with Crippen LogP contribution in [0.5, 0.6) is 0 Å². The minimum atomic E-state index is -0.899. The Kier molecular flexibility index (Phi) is 6.79. The van der Waals surface area contributed by atoms with Crippen LogP contribution in [0.3, 0.4) is 0 Å². The van der Waals surface area contributed by atoms with Gasteiger partial charge >= 0.3 is 0 Å². The van der Waals surface area contributed by atoms with Crippen molar-refractivity contribution in [2.75, 3.05) is 26.2 Å². The largest absolute Gasteiger partial charge is 0.354 e. The van der Waals surface area contributed by atoms with Crippen LogP contribution in [0.15, 0.2) is 54.6 Å². The van der Waals surface area contributed by atoms with Crippen molar-refractivity contribution in [3.05, 3.63) is 71.3 Å². The van der Waals surface area contributed by atoms with Gasteiger partial charge < -0.3 is 15.0 Å². The number of hydrogen-bond acceptors (Lipinski definition) is 4. The highest BCUT2D eigenvalue weighted by Crippen LogP contribution is 2.38. The fourth-order valence-electron chi connectivity index (χ4n) is 4.70. The van der Waals surface area contributed by atoms with Crippen molar-refractivity contribution < 1.29 is 19.1 Å². The van der Waals surface area contributed by atoms with Crippen LogP contribution in [0.1, 0.15) is 52.5 Å². The number of ether oxygens (including phenoxy) is 1. The summed E-state index contributed by atoms with van der Waals surface area (Å²) in [7, 11) is 0. The molecule has 7 heteroatoms. The highest BCUT2D eigenvalue weighted by Gasteiger charge is 2.54. The Hall–Kier alpha value is -3.19. The molecule has 0 saturated carbocycles. The number of piperidine rings is 1. The molecule has 0 radical (unpaired) electrons. The zero-order valence-corrected chi connectivity index (χ0v) is 19.3. The zero-order valence-electron chi connectivity index (χ0n) is 19.3. The molecule has 2 fully saturated rings. The van der Waals surface area contributed by atoms with Crippen molar-refractivity contribution in [1.29, 1.82) is 0 Å². The van der Waals surface area contributed by atoms with Gasteiger partial charge in [0, 0.05) is 43.6 Å². The molecule has 4 rings (SSSR count). The second kappa shape index (κ2) is 9.75. The smallest absolute Gasteiger partial charge is 0.256 e. The molecule has 7 nitrogen and oxygen atoms in total. The minimum absolute atomic E-state index is 0.0147. The van der Waals surface area contributed by atoms with Gasteiger partial charge in [-0.2, -0.15) is 0 Å². The average Bonchev–Trinajstić information content (AvgIpc) is 3.21. The van der Waals surface area contributed by atoms with E-state index in [4.69, 9.17) is 4.74 Å². The van der Waals surface area contributed by atoms with Crippen LogP contribution < -0.4 is 5.32 Å². The van der Waals surface area contributed by atoms with Gasteiger partial charge in [-0.3, -0.25) is 19.3 Å². The predicted octanol–water partition coefficient (Wildman–Crippen LogP) is 2.99. The van der Waals surface area contributed by atoms with E-state index in [9.17, 15) is 14.4 Å². The van der Waals surface area contributed by atoms with Gasteiger partial charge in [0.2, 0.25) is 5.91 Å². The Morgan fingerprint density at radius 2 is 1.67 bits per heavy atom. The highest BCUT2D eigenvalue weighted by atomic mass is 16.5. The van der Waals surface area contributed by atoms with E-state index in [1.54, 1.807) is 17.0 Å². The summed E-state index contributed by atoms with van der Waals surface area (Å²) in [6, 6.07) is 15.9. The molecular weight excluding hydrogens is 418 g/mol. The first-order valence-electron chi connectivity index (χ1n) is 11.6. The lowest BCUT2D eigenvalue weighted by molar-refractivity contribution is -0.128. The fraction of sp³-hybridized carbons (Fsp3) is 0.423. The number of nitrogens with one attached hydrogen (secondary N) is 1. The lowest BCUT2D eigenvalue weighted by atomic mass is 9.95. The van der Waals surface area contributed by atoms with Crippen LogP contribution >= 0.6 is 0 Å². The summed E-state index contributed by atoms with van der Waals surface area (Å²) in [4.78, 5) is 43.0. The molecule has 174 valence electrons. The van der Waals surface area contributed by atoms with E-state index in [2.05, 4.69) is 5.32 Å². The molecule has 2 aliphatic heterocycles. The van der Waals surface area contributed by atoms with E-state index < -0.39 is 11.8 Å². The first-order chi connectivity index (χ1) is 16.0. The standard InChI is InChI=1S/C26H31N3O4/c1-3-15-27-23(30)22-18-33-26(29(22)24(31)20-10-5-4-6-11-20)13-16-28(17-14-26)25(32)21-12-8-7-9-19(21)2/h4-12,22H,3,13-18H2,1-2H3,(H,27,30)/t22-/m0/s1. The van der Waals surface area contributed by atoms with Crippen LogP contribution in [-0.4, -0.2) is 65.5 Å². The number of amides is 3. The molecule has 3 amide bonds. The third-order valence-electron chi connectivity index (χ3n) is 6.56. The second-order valence-corrected chi connectivity index (χ2v) is 8.71. The van der Waals surface area contributed by atoms with Gasteiger partial charge in [0.15, 0.2) is 0 Å². The van der Waals surface area contributed by atoms with Crippen molar-refractivity contribution in [2.24, 2.45) is 0 Å². The predicted molar refractivity (Wildman–Crippen MR) is 125 cm³/mol. The molecule has 1 atom stereocenters. The topological polar surface area (TPSA) is 79.0 Å². The Morgan fingerprint density at radius 1 is 1.00 bits per heavy atom. The molecule has 2 aromatic carbocycles. The van der Waals surface area contributed by atoms with E-state index in [-0.39, 0.29) is 24.3 Å². The maximum absolute atomic E-state index is 13.6. The molecule has 0 aliphatic carbocycles. The molecule has 0 bridgehead atoms. The van der Waals surface area contributed by atoms with Gasteiger partial charge in [0.1, 0.15) is 11.8 Å². The molecule has 0 unspecified atom stereocenters. The fourth-order valence-corrected chi connectivity index (χ4v) is 4.70. The maximum Gasteiger partial charge on any atom is 0.256 e. The zero-order chi connectivity index (χ0) is 23.4. The van der Waals surface area contributed by atoms with Crippen molar-refractivity contribution >= 4 is 17.7 Å². The normalized spacial score (nSPS) is 19.5. The van der Waals surface area contributed by atoms with E-state index in [0.29, 0.717) is 43.6 Å². The summed E-state index contributed by atoms with van der Waals surface area (Å²) in [5.74, 6) is -0.432. The summed E-state index contributed by atoms with van der Waals surface area (Å²) in [5.41, 5.74) is 1.25. The summed E-state index contributed by atoms with van der Waals surface area (Å²) >= 11 is 0. The number of likely N-dealkylation sites (tertiary alicyclic amines) is 1. The Balaban J connectivity index is 1.56. The number of hydrogen-bond donors (Lipinski definition) is 1. The minimum Gasteiger partial charge on any atom is -0.354 e. The van der Waals surface area contributed by atoms with Crippen LogP contribution in [-0.2, 0) is 9.53 Å². The van der Waals surface area contributed by atoms with Crippen molar-refractivity contribution in [1.82, 2.24) is 15.1 Å². The first-order valence-corrected chi connectivity index (χ1v) is 11.6. The molecule has 0 aromatic heterocycles. The van der Waals surface area contributed by atoms with Crippen molar-refractivity contribution in [3.8, 4) is 0 Å². The van der Waals surface area contributed by atoms with Gasteiger partial charge in [-0.15, -0.1) is 0 Å². The van der Waals surface area contributed by atoms with Crippen LogP contribution in [0.4, 0.5) is 0 Å². The number of benzene rings is 2. The monoisotopic (exact) mass is 449 g/mol. The van der Waals surface area contributed by atoms with Crippen LogP contribution in [0.25, 0.3) is 0 Å².